The first kappa shape index (κ1) is 25.5. The lowest BCUT2D eigenvalue weighted by atomic mass is 9.70. The van der Waals surface area contributed by atoms with E-state index in [1.54, 1.807) is 19.1 Å². The molecule has 0 spiro atoms. The standard InChI is InChI=1S/C27H37N3O2/c1-4-6-7-8-9-10-11-13-21-19-29-25(30-20-21)22-14-16-23(17-15-22)27(3,26(31)32)24(18-28)12-5-2/h14-17,19-20,24H,4-13H2,1-3H3,(H,31,32). The van der Waals surface area contributed by atoms with Crippen LogP contribution in [0.1, 0.15) is 89.7 Å². The predicted molar refractivity (Wildman–Crippen MR) is 128 cm³/mol. The second kappa shape index (κ2) is 13.0. The number of unbranched alkanes of at least 4 members (excludes halogenated alkanes) is 6. The fraction of sp³-hybridized carbons (Fsp3) is 0.556. The van der Waals surface area contributed by atoms with Gasteiger partial charge in [0, 0.05) is 18.0 Å². The van der Waals surface area contributed by atoms with Gasteiger partial charge in [-0.2, -0.15) is 5.26 Å². The maximum absolute atomic E-state index is 12.1. The number of aliphatic carboxylic acids is 1. The number of nitriles is 1. The summed E-state index contributed by atoms with van der Waals surface area (Å²) >= 11 is 0. The average molecular weight is 436 g/mol. The molecule has 2 atom stereocenters. The summed E-state index contributed by atoms with van der Waals surface area (Å²) < 4.78 is 0. The van der Waals surface area contributed by atoms with Crippen LogP contribution in [0.3, 0.4) is 0 Å². The van der Waals surface area contributed by atoms with Crippen LogP contribution in [-0.2, 0) is 16.6 Å². The molecule has 5 nitrogen and oxygen atoms in total. The Morgan fingerprint density at radius 1 is 1.00 bits per heavy atom. The molecule has 5 heteroatoms. The van der Waals surface area contributed by atoms with E-state index in [1.807, 2.05) is 31.5 Å². The van der Waals surface area contributed by atoms with Crippen LogP contribution in [0.2, 0.25) is 0 Å². The summed E-state index contributed by atoms with van der Waals surface area (Å²) in [5.74, 6) is -0.934. The molecule has 2 rings (SSSR count). The third-order valence-electron chi connectivity index (χ3n) is 6.39. The second-order valence-corrected chi connectivity index (χ2v) is 8.84. The van der Waals surface area contributed by atoms with E-state index in [1.165, 1.54) is 38.5 Å². The zero-order chi connectivity index (χ0) is 23.4. The smallest absolute Gasteiger partial charge is 0.315 e. The summed E-state index contributed by atoms with van der Waals surface area (Å²) in [6.07, 6.45) is 15.1. The van der Waals surface area contributed by atoms with Crippen molar-refractivity contribution < 1.29 is 9.90 Å². The number of carboxylic acids is 1. The van der Waals surface area contributed by atoms with Crippen LogP contribution < -0.4 is 0 Å². The highest BCUT2D eigenvalue weighted by Crippen LogP contribution is 2.36. The fourth-order valence-electron chi connectivity index (χ4n) is 4.13. The van der Waals surface area contributed by atoms with E-state index in [9.17, 15) is 15.2 Å². The van der Waals surface area contributed by atoms with E-state index in [2.05, 4.69) is 23.0 Å². The zero-order valence-electron chi connectivity index (χ0n) is 19.8. The van der Waals surface area contributed by atoms with E-state index in [-0.39, 0.29) is 0 Å². The van der Waals surface area contributed by atoms with Gasteiger partial charge >= 0.3 is 5.97 Å². The number of aryl methyl sites for hydroxylation is 1. The number of rotatable bonds is 14. The van der Waals surface area contributed by atoms with Crippen molar-refractivity contribution in [2.45, 2.75) is 90.4 Å². The highest BCUT2D eigenvalue weighted by Gasteiger charge is 2.43. The Labute approximate surface area is 192 Å². The summed E-state index contributed by atoms with van der Waals surface area (Å²) in [4.78, 5) is 21.1. The first-order chi connectivity index (χ1) is 15.5. The summed E-state index contributed by atoms with van der Waals surface area (Å²) in [5, 5.41) is 19.5. The van der Waals surface area contributed by atoms with Crippen molar-refractivity contribution in [2.75, 3.05) is 0 Å². The number of nitrogens with zero attached hydrogens (tertiary/aromatic N) is 3. The molecule has 1 aromatic heterocycles. The first-order valence-electron chi connectivity index (χ1n) is 12.0. The van der Waals surface area contributed by atoms with Crippen LogP contribution in [0, 0.1) is 17.2 Å². The van der Waals surface area contributed by atoms with E-state index in [0.717, 1.165) is 30.4 Å². The van der Waals surface area contributed by atoms with Crippen molar-refractivity contribution in [3.05, 3.63) is 47.8 Å². The topological polar surface area (TPSA) is 86.9 Å². The zero-order valence-corrected chi connectivity index (χ0v) is 19.8. The molecular formula is C27H37N3O2. The van der Waals surface area contributed by atoms with Gasteiger partial charge in [0.05, 0.1) is 12.0 Å². The van der Waals surface area contributed by atoms with Crippen molar-refractivity contribution in [1.29, 1.82) is 5.26 Å². The molecule has 0 saturated heterocycles. The maximum atomic E-state index is 12.1. The van der Waals surface area contributed by atoms with Gasteiger partial charge in [0.25, 0.3) is 0 Å². The third-order valence-corrected chi connectivity index (χ3v) is 6.39. The molecule has 0 aliphatic carbocycles. The number of hydrogen-bond donors (Lipinski definition) is 1. The predicted octanol–water partition coefficient (Wildman–Crippen LogP) is 6.72. The Morgan fingerprint density at radius 2 is 1.59 bits per heavy atom. The number of aromatic nitrogens is 2. The monoisotopic (exact) mass is 435 g/mol. The average Bonchev–Trinajstić information content (AvgIpc) is 2.82. The molecule has 0 amide bonds. The molecule has 0 bridgehead atoms. The normalized spacial score (nSPS) is 13.8. The van der Waals surface area contributed by atoms with Gasteiger partial charge in [-0.25, -0.2) is 9.97 Å². The van der Waals surface area contributed by atoms with Gasteiger partial charge < -0.3 is 5.11 Å². The number of benzene rings is 1. The maximum Gasteiger partial charge on any atom is 0.315 e. The minimum absolute atomic E-state index is 0.546. The van der Waals surface area contributed by atoms with Crippen LogP contribution in [0.5, 0.6) is 0 Å². The lowest BCUT2D eigenvalue weighted by Gasteiger charge is -2.30. The molecule has 172 valence electrons. The Kier molecular flexibility index (Phi) is 10.3. The lowest BCUT2D eigenvalue weighted by Crippen LogP contribution is -2.39. The van der Waals surface area contributed by atoms with Crippen molar-refractivity contribution in [3.63, 3.8) is 0 Å². The molecule has 0 aliphatic rings. The quantitative estimate of drug-likeness (QED) is 0.333. The summed E-state index contributed by atoms with van der Waals surface area (Å²) in [5.41, 5.74) is 1.37. The van der Waals surface area contributed by atoms with Crippen LogP contribution in [0.15, 0.2) is 36.7 Å². The minimum Gasteiger partial charge on any atom is -0.481 e. The molecule has 2 unspecified atom stereocenters. The van der Waals surface area contributed by atoms with Gasteiger partial charge in [-0.05, 0) is 37.3 Å². The molecule has 1 heterocycles. The molecule has 0 saturated carbocycles. The van der Waals surface area contributed by atoms with E-state index >= 15 is 0 Å². The van der Waals surface area contributed by atoms with E-state index < -0.39 is 17.3 Å². The summed E-state index contributed by atoms with van der Waals surface area (Å²) in [7, 11) is 0. The van der Waals surface area contributed by atoms with Gasteiger partial charge in [-0.15, -0.1) is 0 Å². The first-order valence-corrected chi connectivity index (χ1v) is 12.0. The largest absolute Gasteiger partial charge is 0.481 e. The highest BCUT2D eigenvalue weighted by atomic mass is 16.4. The van der Waals surface area contributed by atoms with Crippen molar-refractivity contribution in [2.24, 2.45) is 5.92 Å². The Hall–Kier alpha value is -2.74. The summed E-state index contributed by atoms with van der Waals surface area (Å²) in [6.45, 7) is 5.84. The second-order valence-electron chi connectivity index (χ2n) is 8.84. The van der Waals surface area contributed by atoms with Gasteiger partial charge in [0.1, 0.15) is 5.41 Å². The molecule has 1 aromatic carbocycles. The molecule has 0 radical (unpaired) electrons. The minimum atomic E-state index is -1.25. The van der Waals surface area contributed by atoms with Crippen molar-refractivity contribution >= 4 is 5.97 Å². The van der Waals surface area contributed by atoms with Crippen molar-refractivity contribution in [3.8, 4) is 17.5 Å². The van der Waals surface area contributed by atoms with E-state index in [0.29, 0.717) is 17.8 Å². The molecule has 1 N–H and O–H groups in total. The van der Waals surface area contributed by atoms with Crippen LogP contribution in [-0.4, -0.2) is 21.0 Å². The number of hydrogen-bond acceptors (Lipinski definition) is 4. The fourth-order valence-corrected chi connectivity index (χ4v) is 4.13. The third kappa shape index (κ3) is 6.63. The molecule has 0 aliphatic heterocycles. The lowest BCUT2D eigenvalue weighted by molar-refractivity contribution is -0.144. The highest BCUT2D eigenvalue weighted by molar-refractivity contribution is 5.82. The van der Waals surface area contributed by atoms with Crippen molar-refractivity contribution in [1.82, 2.24) is 9.97 Å². The van der Waals surface area contributed by atoms with Crippen LogP contribution in [0.4, 0.5) is 0 Å². The SMILES string of the molecule is CCCCCCCCCc1cnc(-c2ccc(C(C)(C(=O)O)C(C#N)CCC)cc2)nc1. The molecule has 2 aromatic rings. The van der Waals surface area contributed by atoms with Gasteiger partial charge in [-0.1, -0.05) is 83.1 Å². The van der Waals surface area contributed by atoms with Crippen LogP contribution in [0.25, 0.3) is 11.4 Å². The number of carboxylic acid groups (broad SMARTS) is 1. The number of carbonyl (C=O) groups is 1. The Bertz CT molecular complexity index is 871. The van der Waals surface area contributed by atoms with Gasteiger partial charge in [0.2, 0.25) is 0 Å². The molecule has 32 heavy (non-hydrogen) atoms. The Morgan fingerprint density at radius 3 is 2.12 bits per heavy atom. The van der Waals surface area contributed by atoms with Crippen LogP contribution >= 0.6 is 0 Å². The summed E-state index contributed by atoms with van der Waals surface area (Å²) in [6, 6.07) is 9.48. The molecule has 0 fully saturated rings. The van der Waals surface area contributed by atoms with E-state index in [4.69, 9.17) is 0 Å². The van der Waals surface area contributed by atoms with Gasteiger partial charge in [-0.3, -0.25) is 4.79 Å². The van der Waals surface area contributed by atoms with Gasteiger partial charge in [0.15, 0.2) is 5.82 Å². The Balaban J connectivity index is 2.01. The molecular weight excluding hydrogens is 398 g/mol.